The highest BCUT2D eigenvalue weighted by Crippen LogP contribution is 2.29. The summed E-state index contributed by atoms with van der Waals surface area (Å²) in [7, 11) is 0. The minimum absolute atomic E-state index is 0.0623. The third kappa shape index (κ3) is 5.30. The molecule has 4 aromatic rings. The molecule has 0 saturated carbocycles. The first-order chi connectivity index (χ1) is 16.3. The van der Waals surface area contributed by atoms with Crippen LogP contribution in [0.2, 0.25) is 0 Å². The number of nitrogens with zero attached hydrogens (tertiary/aromatic N) is 1. The summed E-state index contributed by atoms with van der Waals surface area (Å²) in [5.41, 5.74) is 6.55. The van der Waals surface area contributed by atoms with Gasteiger partial charge in [-0.05, 0) is 78.3 Å². The predicted molar refractivity (Wildman–Crippen MR) is 138 cm³/mol. The van der Waals surface area contributed by atoms with E-state index in [1.165, 1.54) is 11.1 Å². The van der Waals surface area contributed by atoms with Crippen molar-refractivity contribution < 1.29 is 13.9 Å². The molecule has 1 heterocycles. The summed E-state index contributed by atoms with van der Waals surface area (Å²) in [4.78, 5) is 17.2. The topological polar surface area (TPSA) is 64.4 Å². The van der Waals surface area contributed by atoms with Crippen LogP contribution < -0.4 is 10.1 Å². The number of aromatic nitrogens is 1. The van der Waals surface area contributed by atoms with E-state index in [4.69, 9.17) is 9.15 Å². The number of aryl methyl sites for hydroxylation is 1. The molecule has 1 N–H and O–H groups in total. The molecule has 0 spiro atoms. The van der Waals surface area contributed by atoms with E-state index >= 15 is 0 Å². The Kier molecular flexibility index (Phi) is 7.01. The van der Waals surface area contributed by atoms with Crippen molar-refractivity contribution in [3.05, 3.63) is 77.4 Å². The summed E-state index contributed by atoms with van der Waals surface area (Å²) in [5, 5.41) is 2.95. The van der Waals surface area contributed by atoms with Crippen LogP contribution in [0.5, 0.6) is 5.75 Å². The summed E-state index contributed by atoms with van der Waals surface area (Å²) in [6.45, 7) is 10.6. The number of ether oxygens (including phenoxy) is 1. The lowest BCUT2D eigenvalue weighted by atomic mass is 9.99. The molecule has 0 saturated heterocycles. The second kappa shape index (κ2) is 10.1. The van der Waals surface area contributed by atoms with Crippen LogP contribution in [-0.4, -0.2) is 17.5 Å². The first-order valence-electron chi connectivity index (χ1n) is 11.9. The fraction of sp³-hybridized carbons (Fsp3) is 0.310. The lowest BCUT2D eigenvalue weighted by Crippen LogP contribution is -2.20. The van der Waals surface area contributed by atoms with Crippen molar-refractivity contribution in [3.8, 4) is 17.2 Å². The van der Waals surface area contributed by atoms with Crippen LogP contribution in [0.25, 0.3) is 22.6 Å². The molecule has 0 aliphatic carbocycles. The van der Waals surface area contributed by atoms with E-state index in [1.54, 1.807) is 0 Å². The standard InChI is InChI=1S/C29H32N2O3/c1-6-19(4)21-9-12-24(13-10-21)33-17-28(32)30-25-16-23(8-7-20(25)5)29-31-26-15-22(18(2)3)11-14-27(26)34-29/h7-16,18-19H,6,17H2,1-5H3,(H,30,32). The third-order valence-electron chi connectivity index (χ3n) is 6.27. The number of fused-ring (bicyclic) bond motifs is 1. The predicted octanol–water partition coefficient (Wildman–Crippen LogP) is 7.46. The van der Waals surface area contributed by atoms with Gasteiger partial charge in [0.1, 0.15) is 11.3 Å². The Labute approximate surface area is 201 Å². The number of nitrogens with one attached hydrogen (secondary N) is 1. The Morgan fingerprint density at radius 1 is 1.00 bits per heavy atom. The molecular weight excluding hydrogens is 424 g/mol. The maximum Gasteiger partial charge on any atom is 0.262 e. The van der Waals surface area contributed by atoms with Gasteiger partial charge >= 0.3 is 0 Å². The molecular formula is C29H32N2O3. The summed E-state index contributed by atoms with van der Waals surface area (Å²) >= 11 is 0. The van der Waals surface area contributed by atoms with Gasteiger partial charge in [0, 0.05) is 11.3 Å². The highest BCUT2D eigenvalue weighted by molar-refractivity contribution is 5.93. The van der Waals surface area contributed by atoms with Gasteiger partial charge in [0.25, 0.3) is 5.91 Å². The maximum atomic E-state index is 12.6. The van der Waals surface area contributed by atoms with Gasteiger partial charge in [0.2, 0.25) is 5.89 Å². The first-order valence-corrected chi connectivity index (χ1v) is 11.9. The molecule has 34 heavy (non-hydrogen) atoms. The van der Waals surface area contributed by atoms with Crippen molar-refractivity contribution in [2.24, 2.45) is 0 Å². The molecule has 5 nitrogen and oxygen atoms in total. The minimum atomic E-state index is -0.217. The van der Waals surface area contributed by atoms with Crippen molar-refractivity contribution in [1.29, 1.82) is 0 Å². The monoisotopic (exact) mass is 456 g/mol. The van der Waals surface area contributed by atoms with Gasteiger partial charge in [-0.1, -0.05) is 52.0 Å². The molecule has 0 fully saturated rings. The normalized spacial score (nSPS) is 12.2. The van der Waals surface area contributed by atoms with Crippen molar-refractivity contribution in [2.75, 3.05) is 11.9 Å². The molecule has 1 atom stereocenters. The van der Waals surface area contributed by atoms with E-state index in [0.29, 0.717) is 29.2 Å². The van der Waals surface area contributed by atoms with Crippen molar-refractivity contribution in [2.45, 2.75) is 52.9 Å². The van der Waals surface area contributed by atoms with E-state index in [9.17, 15) is 4.79 Å². The van der Waals surface area contributed by atoms with Gasteiger partial charge in [0.05, 0.1) is 0 Å². The van der Waals surface area contributed by atoms with E-state index in [-0.39, 0.29) is 12.5 Å². The number of carbonyl (C=O) groups excluding carboxylic acids is 1. The zero-order valence-electron chi connectivity index (χ0n) is 20.5. The van der Waals surface area contributed by atoms with Crippen LogP contribution in [0.1, 0.15) is 62.6 Å². The maximum absolute atomic E-state index is 12.6. The highest BCUT2D eigenvalue weighted by atomic mass is 16.5. The number of amides is 1. The average Bonchev–Trinajstić information content (AvgIpc) is 3.27. The minimum Gasteiger partial charge on any atom is -0.484 e. The van der Waals surface area contributed by atoms with Gasteiger partial charge in [0.15, 0.2) is 12.2 Å². The summed E-state index contributed by atoms with van der Waals surface area (Å²) in [6, 6.07) is 19.8. The molecule has 0 aliphatic heterocycles. The number of carbonyl (C=O) groups is 1. The third-order valence-corrected chi connectivity index (χ3v) is 6.27. The van der Waals surface area contributed by atoms with E-state index in [1.807, 2.05) is 43.3 Å². The van der Waals surface area contributed by atoms with Gasteiger partial charge in [-0.25, -0.2) is 4.98 Å². The molecule has 1 aromatic heterocycles. The lowest BCUT2D eigenvalue weighted by molar-refractivity contribution is -0.118. The van der Waals surface area contributed by atoms with Crippen LogP contribution in [0, 0.1) is 6.92 Å². The largest absolute Gasteiger partial charge is 0.484 e. The number of rotatable bonds is 8. The molecule has 1 amide bonds. The van der Waals surface area contributed by atoms with Crippen LogP contribution in [0.4, 0.5) is 5.69 Å². The Morgan fingerprint density at radius 3 is 2.44 bits per heavy atom. The van der Waals surface area contributed by atoms with Gasteiger partial charge in [-0.15, -0.1) is 0 Å². The SMILES string of the molecule is CCC(C)c1ccc(OCC(=O)Nc2cc(-c3nc4cc(C(C)C)ccc4o3)ccc2C)cc1. The molecule has 3 aromatic carbocycles. The second-order valence-corrected chi connectivity index (χ2v) is 9.15. The van der Waals surface area contributed by atoms with Crippen LogP contribution >= 0.6 is 0 Å². The molecule has 0 bridgehead atoms. The molecule has 176 valence electrons. The molecule has 5 heteroatoms. The van der Waals surface area contributed by atoms with Crippen molar-refractivity contribution >= 4 is 22.7 Å². The Bertz CT molecular complexity index is 1290. The molecule has 1 unspecified atom stereocenters. The van der Waals surface area contributed by atoms with Crippen LogP contribution in [0.3, 0.4) is 0 Å². The number of hydrogen-bond acceptors (Lipinski definition) is 4. The number of anilines is 1. The van der Waals surface area contributed by atoms with Gasteiger partial charge < -0.3 is 14.5 Å². The van der Waals surface area contributed by atoms with Crippen LogP contribution in [0.15, 0.2) is 65.1 Å². The zero-order chi connectivity index (χ0) is 24.2. The summed E-state index contributed by atoms with van der Waals surface area (Å²) < 4.78 is 11.7. The smallest absolute Gasteiger partial charge is 0.262 e. The first kappa shape index (κ1) is 23.6. The fourth-order valence-corrected chi connectivity index (χ4v) is 3.78. The quantitative estimate of drug-likeness (QED) is 0.299. The molecule has 0 aliphatic rings. The molecule has 4 rings (SSSR count). The Balaban J connectivity index is 1.45. The van der Waals surface area contributed by atoms with E-state index in [2.05, 4.69) is 62.3 Å². The zero-order valence-corrected chi connectivity index (χ0v) is 20.5. The number of oxazole rings is 1. The number of benzene rings is 3. The highest BCUT2D eigenvalue weighted by Gasteiger charge is 2.13. The Hall–Kier alpha value is -3.60. The van der Waals surface area contributed by atoms with E-state index < -0.39 is 0 Å². The average molecular weight is 457 g/mol. The van der Waals surface area contributed by atoms with E-state index in [0.717, 1.165) is 28.6 Å². The Morgan fingerprint density at radius 2 is 1.74 bits per heavy atom. The van der Waals surface area contributed by atoms with Crippen molar-refractivity contribution in [1.82, 2.24) is 4.98 Å². The van der Waals surface area contributed by atoms with Crippen molar-refractivity contribution in [3.63, 3.8) is 0 Å². The van der Waals surface area contributed by atoms with Gasteiger partial charge in [-0.2, -0.15) is 0 Å². The van der Waals surface area contributed by atoms with Crippen LogP contribution in [-0.2, 0) is 4.79 Å². The molecule has 0 radical (unpaired) electrons. The van der Waals surface area contributed by atoms with Gasteiger partial charge in [-0.3, -0.25) is 4.79 Å². The lowest BCUT2D eigenvalue weighted by Gasteiger charge is -2.12. The number of hydrogen-bond donors (Lipinski definition) is 1. The fourth-order valence-electron chi connectivity index (χ4n) is 3.78. The summed E-state index contributed by atoms with van der Waals surface area (Å²) in [6.07, 6.45) is 1.09. The summed E-state index contributed by atoms with van der Waals surface area (Å²) in [5.74, 6) is 1.92. The second-order valence-electron chi connectivity index (χ2n) is 9.15.